The quantitative estimate of drug-likeness (QED) is 0.834. The molecule has 1 aromatic rings. The maximum absolute atomic E-state index is 12.1. The topological polar surface area (TPSA) is 75.9 Å². The second-order valence-electron chi connectivity index (χ2n) is 5.15. The molecule has 1 fully saturated rings. The summed E-state index contributed by atoms with van der Waals surface area (Å²) in [4.78, 5) is 27.1. The van der Waals surface area contributed by atoms with Crippen molar-refractivity contribution in [3.05, 3.63) is 30.3 Å². The molecule has 2 amide bonds. The molecule has 1 heterocycles. The highest BCUT2D eigenvalue weighted by atomic mass is 16.5. The number of piperazine rings is 1. The smallest absolute Gasteiger partial charge is 0.236 e. The van der Waals surface area contributed by atoms with Crippen molar-refractivity contribution in [1.82, 2.24) is 9.80 Å². The van der Waals surface area contributed by atoms with Crippen molar-refractivity contribution in [2.45, 2.75) is 12.5 Å². The molecule has 6 nitrogen and oxygen atoms in total. The maximum atomic E-state index is 12.1. The molecule has 1 aliphatic rings. The Labute approximate surface area is 124 Å². The Hall–Kier alpha value is -2.08. The Morgan fingerprint density at radius 3 is 2.67 bits per heavy atom. The van der Waals surface area contributed by atoms with E-state index in [0.29, 0.717) is 32.7 Å². The summed E-state index contributed by atoms with van der Waals surface area (Å²) in [6, 6.07) is 8.97. The second-order valence-corrected chi connectivity index (χ2v) is 5.15. The fraction of sp³-hybridized carbons (Fsp3) is 0.467. The zero-order valence-corrected chi connectivity index (χ0v) is 12.2. The fourth-order valence-electron chi connectivity index (χ4n) is 2.34. The summed E-state index contributed by atoms with van der Waals surface area (Å²) in [5.41, 5.74) is 5.35. The summed E-state index contributed by atoms with van der Waals surface area (Å²) in [5.74, 6) is 0.347. The predicted molar refractivity (Wildman–Crippen MR) is 78.7 cm³/mol. The van der Waals surface area contributed by atoms with Crippen LogP contribution in [0.5, 0.6) is 5.75 Å². The van der Waals surface area contributed by atoms with Crippen LogP contribution in [0.3, 0.4) is 0 Å². The van der Waals surface area contributed by atoms with E-state index >= 15 is 0 Å². The van der Waals surface area contributed by atoms with Crippen LogP contribution in [-0.2, 0) is 9.59 Å². The molecular formula is C15H21N3O3. The summed E-state index contributed by atoms with van der Waals surface area (Å²) in [6.45, 7) is 1.95. The summed E-state index contributed by atoms with van der Waals surface area (Å²) >= 11 is 0. The monoisotopic (exact) mass is 291 g/mol. The van der Waals surface area contributed by atoms with Crippen LogP contribution in [0.25, 0.3) is 0 Å². The SMILES string of the molecule is CN1CCN(C(=O)CCOc2ccccc2)C[C@H]1C(N)=O. The van der Waals surface area contributed by atoms with Gasteiger partial charge in [0.2, 0.25) is 11.8 Å². The van der Waals surface area contributed by atoms with E-state index in [-0.39, 0.29) is 5.91 Å². The van der Waals surface area contributed by atoms with Gasteiger partial charge >= 0.3 is 0 Å². The molecule has 0 unspecified atom stereocenters. The van der Waals surface area contributed by atoms with Crippen molar-refractivity contribution < 1.29 is 14.3 Å². The first kappa shape index (κ1) is 15.3. The van der Waals surface area contributed by atoms with Crippen LogP contribution in [0, 0.1) is 0 Å². The number of hydrogen-bond donors (Lipinski definition) is 1. The lowest BCUT2D eigenvalue weighted by Gasteiger charge is -2.37. The van der Waals surface area contributed by atoms with Crippen LogP contribution in [-0.4, -0.2) is 60.9 Å². The van der Waals surface area contributed by atoms with Gasteiger partial charge in [-0.2, -0.15) is 0 Å². The van der Waals surface area contributed by atoms with E-state index in [0.717, 1.165) is 5.75 Å². The second kappa shape index (κ2) is 7.08. The van der Waals surface area contributed by atoms with Gasteiger partial charge in [-0.1, -0.05) is 18.2 Å². The molecule has 0 radical (unpaired) electrons. The van der Waals surface area contributed by atoms with Crippen molar-refractivity contribution in [2.75, 3.05) is 33.3 Å². The first-order valence-electron chi connectivity index (χ1n) is 7.03. The summed E-state index contributed by atoms with van der Waals surface area (Å²) in [6.07, 6.45) is 0.296. The zero-order chi connectivity index (χ0) is 15.2. The molecular weight excluding hydrogens is 270 g/mol. The molecule has 2 rings (SSSR count). The lowest BCUT2D eigenvalue weighted by atomic mass is 10.1. The first-order chi connectivity index (χ1) is 10.1. The number of nitrogens with zero attached hydrogens (tertiary/aromatic N) is 2. The highest BCUT2D eigenvalue weighted by Crippen LogP contribution is 2.11. The molecule has 6 heteroatoms. The Balaban J connectivity index is 1.79. The van der Waals surface area contributed by atoms with Gasteiger partial charge in [-0.3, -0.25) is 14.5 Å². The number of benzene rings is 1. The van der Waals surface area contributed by atoms with Crippen molar-refractivity contribution in [3.8, 4) is 5.75 Å². The third-order valence-electron chi connectivity index (χ3n) is 3.66. The number of ether oxygens (including phenoxy) is 1. The van der Waals surface area contributed by atoms with Crippen LogP contribution in [0.15, 0.2) is 30.3 Å². The molecule has 21 heavy (non-hydrogen) atoms. The minimum atomic E-state index is -0.405. The Bertz CT molecular complexity index is 492. The van der Waals surface area contributed by atoms with E-state index in [1.54, 1.807) is 4.90 Å². The molecule has 114 valence electrons. The van der Waals surface area contributed by atoms with Gasteiger partial charge < -0.3 is 15.4 Å². The van der Waals surface area contributed by atoms with E-state index in [4.69, 9.17) is 10.5 Å². The third kappa shape index (κ3) is 4.19. The van der Waals surface area contributed by atoms with E-state index in [1.165, 1.54) is 0 Å². The van der Waals surface area contributed by atoms with Gasteiger partial charge in [0.15, 0.2) is 0 Å². The molecule has 0 saturated carbocycles. The largest absolute Gasteiger partial charge is 0.493 e. The van der Waals surface area contributed by atoms with Gasteiger partial charge in [-0.25, -0.2) is 0 Å². The van der Waals surface area contributed by atoms with E-state index in [2.05, 4.69) is 0 Å². The van der Waals surface area contributed by atoms with Gasteiger partial charge in [-0.15, -0.1) is 0 Å². The summed E-state index contributed by atoms with van der Waals surface area (Å²) in [7, 11) is 1.84. The zero-order valence-electron chi connectivity index (χ0n) is 12.2. The summed E-state index contributed by atoms with van der Waals surface area (Å²) in [5, 5.41) is 0. The number of carbonyl (C=O) groups is 2. The van der Waals surface area contributed by atoms with Gasteiger partial charge in [0.1, 0.15) is 11.8 Å². The molecule has 1 saturated heterocycles. The molecule has 1 atom stereocenters. The number of para-hydroxylation sites is 1. The number of carbonyl (C=O) groups excluding carboxylic acids is 2. The number of hydrogen-bond acceptors (Lipinski definition) is 4. The minimum absolute atomic E-state index is 0.00900. The average Bonchev–Trinajstić information content (AvgIpc) is 2.48. The number of primary amides is 1. The van der Waals surface area contributed by atoms with E-state index in [1.807, 2.05) is 42.3 Å². The van der Waals surface area contributed by atoms with Gasteiger partial charge in [0.25, 0.3) is 0 Å². The normalized spacial score (nSPS) is 19.3. The van der Waals surface area contributed by atoms with E-state index < -0.39 is 11.9 Å². The fourth-order valence-corrected chi connectivity index (χ4v) is 2.34. The van der Waals surface area contributed by atoms with Crippen LogP contribution in [0.1, 0.15) is 6.42 Å². The van der Waals surface area contributed by atoms with Crippen molar-refractivity contribution in [3.63, 3.8) is 0 Å². The van der Waals surface area contributed by atoms with Crippen molar-refractivity contribution in [1.29, 1.82) is 0 Å². The average molecular weight is 291 g/mol. The molecule has 0 aromatic heterocycles. The molecule has 1 aromatic carbocycles. The Morgan fingerprint density at radius 1 is 1.29 bits per heavy atom. The molecule has 0 aliphatic carbocycles. The van der Waals surface area contributed by atoms with E-state index in [9.17, 15) is 9.59 Å². The highest BCUT2D eigenvalue weighted by Gasteiger charge is 2.30. The minimum Gasteiger partial charge on any atom is -0.493 e. The molecule has 0 spiro atoms. The lowest BCUT2D eigenvalue weighted by molar-refractivity contribution is -0.136. The Morgan fingerprint density at radius 2 is 2.00 bits per heavy atom. The third-order valence-corrected chi connectivity index (χ3v) is 3.66. The molecule has 1 aliphatic heterocycles. The van der Waals surface area contributed by atoms with Crippen LogP contribution in [0.2, 0.25) is 0 Å². The number of nitrogens with two attached hydrogens (primary N) is 1. The van der Waals surface area contributed by atoms with Crippen molar-refractivity contribution in [2.24, 2.45) is 5.73 Å². The lowest BCUT2D eigenvalue weighted by Crippen LogP contribution is -2.58. The Kier molecular flexibility index (Phi) is 5.16. The molecule has 0 bridgehead atoms. The number of amides is 2. The molecule has 2 N–H and O–H groups in total. The van der Waals surface area contributed by atoms with Crippen LogP contribution >= 0.6 is 0 Å². The maximum Gasteiger partial charge on any atom is 0.236 e. The summed E-state index contributed by atoms with van der Waals surface area (Å²) < 4.78 is 5.51. The van der Waals surface area contributed by atoms with Gasteiger partial charge in [-0.05, 0) is 19.2 Å². The predicted octanol–water partition coefficient (Wildman–Crippen LogP) is 0.0834. The number of rotatable bonds is 5. The first-order valence-corrected chi connectivity index (χ1v) is 7.03. The van der Waals surface area contributed by atoms with Crippen LogP contribution < -0.4 is 10.5 Å². The highest BCUT2D eigenvalue weighted by molar-refractivity contribution is 5.82. The number of likely N-dealkylation sites (N-methyl/N-ethyl adjacent to an activating group) is 1. The van der Waals surface area contributed by atoms with Gasteiger partial charge in [0.05, 0.1) is 13.0 Å². The van der Waals surface area contributed by atoms with Crippen LogP contribution in [0.4, 0.5) is 0 Å². The van der Waals surface area contributed by atoms with Gasteiger partial charge in [0, 0.05) is 19.6 Å². The standard InChI is InChI=1S/C15H21N3O3/c1-17-8-9-18(11-13(17)15(16)20)14(19)7-10-21-12-5-3-2-4-6-12/h2-6,13H,7-11H2,1H3,(H2,16,20)/t13-/m0/s1. The van der Waals surface area contributed by atoms with Crippen molar-refractivity contribution >= 4 is 11.8 Å².